The summed E-state index contributed by atoms with van der Waals surface area (Å²) >= 11 is 0. The molecule has 6 heteroatoms. The first-order valence-electron chi connectivity index (χ1n) is 9.54. The van der Waals surface area contributed by atoms with Gasteiger partial charge in [0, 0.05) is 32.4 Å². The second kappa shape index (κ2) is 8.61. The van der Waals surface area contributed by atoms with E-state index in [1.165, 1.54) is 16.7 Å². The van der Waals surface area contributed by atoms with Gasteiger partial charge in [0.05, 0.1) is 13.1 Å². The summed E-state index contributed by atoms with van der Waals surface area (Å²) in [6.07, 6.45) is 4.83. The number of aromatic nitrogens is 2. The molecule has 0 radical (unpaired) electrons. The maximum atomic E-state index is 5.98. The lowest BCUT2D eigenvalue weighted by Crippen LogP contribution is -2.41. The maximum absolute atomic E-state index is 5.98. The number of ether oxygens (including phenoxy) is 1. The van der Waals surface area contributed by atoms with E-state index in [1.54, 1.807) is 13.2 Å². The summed E-state index contributed by atoms with van der Waals surface area (Å²) in [6.45, 7) is 2.19. The van der Waals surface area contributed by atoms with Gasteiger partial charge in [0.25, 0.3) is 0 Å². The van der Waals surface area contributed by atoms with Gasteiger partial charge in [-0.15, -0.1) is 0 Å². The van der Waals surface area contributed by atoms with Gasteiger partial charge in [0.1, 0.15) is 11.9 Å². The molecular weight excluding hydrogens is 350 g/mol. The third kappa shape index (κ3) is 4.52. The minimum atomic E-state index is 0.133. The van der Waals surface area contributed by atoms with Gasteiger partial charge >= 0.3 is 0 Å². The number of fused-ring (bicyclic) bond motifs is 1. The van der Waals surface area contributed by atoms with Crippen molar-refractivity contribution in [1.82, 2.24) is 20.4 Å². The number of para-hydroxylation sites is 1. The lowest BCUT2D eigenvalue weighted by molar-refractivity contribution is 0.235. The lowest BCUT2D eigenvalue weighted by Gasteiger charge is -2.16. The third-order valence-electron chi connectivity index (χ3n) is 4.79. The highest BCUT2D eigenvalue weighted by molar-refractivity contribution is 5.79. The average Bonchev–Trinajstić information content (AvgIpc) is 3.37. The van der Waals surface area contributed by atoms with Crippen molar-refractivity contribution in [3.05, 3.63) is 83.7 Å². The molecule has 0 fully saturated rings. The Morgan fingerprint density at radius 3 is 2.86 bits per heavy atom. The summed E-state index contributed by atoms with van der Waals surface area (Å²) in [5.74, 6) is 1.77. The Morgan fingerprint density at radius 1 is 1.14 bits per heavy atom. The molecule has 0 bridgehead atoms. The molecule has 0 saturated heterocycles. The summed E-state index contributed by atoms with van der Waals surface area (Å²) in [4.78, 5) is 4.32. The number of rotatable bonds is 6. The molecule has 1 aromatic heterocycles. The zero-order valence-corrected chi connectivity index (χ0v) is 16.0. The van der Waals surface area contributed by atoms with Gasteiger partial charge in [-0.1, -0.05) is 42.5 Å². The molecule has 144 valence electrons. The molecule has 2 aromatic carbocycles. The van der Waals surface area contributed by atoms with E-state index in [4.69, 9.17) is 4.74 Å². The fraction of sp³-hybridized carbons (Fsp3) is 0.273. The highest BCUT2D eigenvalue weighted by atomic mass is 16.5. The van der Waals surface area contributed by atoms with Gasteiger partial charge in [0.15, 0.2) is 5.96 Å². The standard InChI is InChI=1S/C22H25N5O/c1-23-22(25-15-20-13-19-8-2-3-9-21(19)28-20)24-14-17-6-4-7-18(12-17)16-27-11-5-10-26-27/h2-12,20H,13-16H2,1H3,(H2,23,24,25). The van der Waals surface area contributed by atoms with Crippen molar-refractivity contribution in [2.45, 2.75) is 25.6 Å². The molecule has 3 aromatic rings. The normalized spacial score (nSPS) is 15.8. The van der Waals surface area contributed by atoms with E-state index in [0.717, 1.165) is 24.7 Å². The number of nitrogens with zero attached hydrogens (tertiary/aromatic N) is 3. The van der Waals surface area contributed by atoms with Gasteiger partial charge < -0.3 is 15.4 Å². The average molecular weight is 375 g/mol. The van der Waals surface area contributed by atoms with Crippen LogP contribution in [-0.2, 0) is 19.5 Å². The Kier molecular flexibility index (Phi) is 5.56. The highest BCUT2D eigenvalue weighted by Crippen LogP contribution is 2.27. The molecule has 0 amide bonds. The molecule has 28 heavy (non-hydrogen) atoms. The molecule has 2 N–H and O–H groups in total. The Bertz CT molecular complexity index is 911. The molecule has 4 rings (SSSR count). The summed E-state index contributed by atoms with van der Waals surface area (Å²) in [5.41, 5.74) is 3.70. The number of hydrogen-bond donors (Lipinski definition) is 2. The molecular formula is C22H25N5O. The summed E-state index contributed by atoms with van der Waals surface area (Å²) in [5, 5.41) is 11.0. The topological polar surface area (TPSA) is 63.5 Å². The van der Waals surface area contributed by atoms with Crippen LogP contribution in [0, 0.1) is 0 Å². The van der Waals surface area contributed by atoms with Crippen molar-refractivity contribution >= 4 is 5.96 Å². The monoisotopic (exact) mass is 375 g/mol. The van der Waals surface area contributed by atoms with E-state index < -0.39 is 0 Å². The molecule has 6 nitrogen and oxygen atoms in total. The molecule has 1 aliphatic rings. The Hall–Kier alpha value is -3.28. The second-order valence-corrected chi connectivity index (χ2v) is 6.88. The number of guanidine groups is 1. The number of benzene rings is 2. The summed E-state index contributed by atoms with van der Waals surface area (Å²) < 4.78 is 7.90. The fourth-order valence-electron chi connectivity index (χ4n) is 3.40. The van der Waals surface area contributed by atoms with Gasteiger partial charge in [-0.05, 0) is 28.8 Å². The minimum Gasteiger partial charge on any atom is -0.488 e. The van der Waals surface area contributed by atoms with Crippen molar-refractivity contribution in [1.29, 1.82) is 0 Å². The van der Waals surface area contributed by atoms with Crippen LogP contribution in [0.2, 0.25) is 0 Å². The van der Waals surface area contributed by atoms with E-state index in [1.807, 2.05) is 29.1 Å². The van der Waals surface area contributed by atoms with Gasteiger partial charge in [0.2, 0.25) is 0 Å². The van der Waals surface area contributed by atoms with Gasteiger partial charge in [-0.25, -0.2) is 0 Å². The first kappa shape index (κ1) is 18.1. The fourth-order valence-corrected chi connectivity index (χ4v) is 3.40. The zero-order chi connectivity index (χ0) is 19.2. The lowest BCUT2D eigenvalue weighted by atomic mass is 10.1. The van der Waals surface area contributed by atoms with Crippen LogP contribution in [-0.4, -0.2) is 35.4 Å². The second-order valence-electron chi connectivity index (χ2n) is 6.88. The highest BCUT2D eigenvalue weighted by Gasteiger charge is 2.22. The summed E-state index contributed by atoms with van der Waals surface area (Å²) in [6, 6.07) is 18.7. The van der Waals surface area contributed by atoms with E-state index in [0.29, 0.717) is 13.1 Å². The molecule has 2 heterocycles. The van der Waals surface area contributed by atoms with E-state index in [2.05, 4.69) is 57.1 Å². The van der Waals surface area contributed by atoms with E-state index in [9.17, 15) is 0 Å². The largest absolute Gasteiger partial charge is 0.488 e. The molecule has 0 spiro atoms. The number of nitrogens with one attached hydrogen (secondary N) is 2. The quantitative estimate of drug-likeness (QED) is 0.514. The van der Waals surface area contributed by atoms with Crippen molar-refractivity contribution in [2.24, 2.45) is 4.99 Å². The number of hydrogen-bond acceptors (Lipinski definition) is 3. The van der Waals surface area contributed by atoms with Crippen LogP contribution in [0.25, 0.3) is 0 Å². The molecule has 0 saturated carbocycles. The number of aliphatic imine (C=N–C) groups is 1. The zero-order valence-electron chi connectivity index (χ0n) is 16.0. The van der Waals surface area contributed by atoms with Crippen molar-refractivity contribution in [3.63, 3.8) is 0 Å². The van der Waals surface area contributed by atoms with Crippen LogP contribution < -0.4 is 15.4 Å². The van der Waals surface area contributed by atoms with Gasteiger partial charge in [-0.3, -0.25) is 9.67 Å². The SMILES string of the molecule is CN=C(NCc1cccc(Cn2cccn2)c1)NCC1Cc2ccccc2O1. The first-order valence-corrected chi connectivity index (χ1v) is 9.54. The Labute approximate surface area is 165 Å². The summed E-state index contributed by atoms with van der Waals surface area (Å²) in [7, 11) is 1.79. The van der Waals surface area contributed by atoms with Crippen LogP contribution in [0.3, 0.4) is 0 Å². The predicted molar refractivity (Wildman–Crippen MR) is 111 cm³/mol. The van der Waals surface area contributed by atoms with E-state index >= 15 is 0 Å². The Balaban J connectivity index is 1.27. The van der Waals surface area contributed by atoms with Crippen LogP contribution in [0.4, 0.5) is 0 Å². The van der Waals surface area contributed by atoms with Crippen molar-refractivity contribution in [3.8, 4) is 5.75 Å². The third-order valence-corrected chi connectivity index (χ3v) is 4.79. The molecule has 1 atom stereocenters. The first-order chi connectivity index (χ1) is 13.8. The molecule has 1 aliphatic heterocycles. The van der Waals surface area contributed by atoms with Crippen LogP contribution in [0.1, 0.15) is 16.7 Å². The smallest absolute Gasteiger partial charge is 0.191 e. The van der Waals surface area contributed by atoms with E-state index in [-0.39, 0.29) is 6.10 Å². The van der Waals surface area contributed by atoms with Crippen LogP contribution in [0.15, 0.2) is 72.0 Å². The van der Waals surface area contributed by atoms with Crippen molar-refractivity contribution in [2.75, 3.05) is 13.6 Å². The van der Waals surface area contributed by atoms with Crippen molar-refractivity contribution < 1.29 is 4.74 Å². The van der Waals surface area contributed by atoms with Crippen LogP contribution >= 0.6 is 0 Å². The maximum Gasteiger partial charge on any atom is 0.191 e. The molecule has 0 aliphatic carbocycles. The Morgan fingerprint density at radius 2 is 2.04 bits per heavy atom. The molecule has 1 unspecified atom stereocenters. The van der Waals surface area contributed by atoms with Crippen LogP contribution in [0.5, 0.6) is 5.75 Å². The van der Waals surface area contributed by atoms with Gasteiger partial charge in [-0.2, -0.15) is 5.10 Å². The minimum absolute atomic E-state index is 0.133. The predicted octanol–water partition coefficient (Wildman–Crippen LogP) is 2.60.